The molecule has 1 aromatic carbocycles. The van der Waals surface area contributed by atoms with Crippen LogP contribution < -0.4 is 5.32 Å². The molecule has 1 aromatic rings. The Morgan fingerprint density at radius 3 is 2.72 bits per heavy atom. The van der Waals surface area contributed by atoms with Gasteiger partial charge < -0.3 is 15.2 Å². The number of hydrogen-bond acceptors (Lipinski definition) is 3. The standard InChI is InChI=1S/C14H21NO3/c1-10-4-5-12(8-11(10)2)14(17)15-7-6-13(16)9-18-3/h4-5,8,13,16H,6-7,9H2,1-3H3,(H,15,17). The van der Waals surface area contributed by atoms with E-state index in [1.54, 1.807) is 0 Å². The first-order valence-corrected chi connectivity index (χ1v) is 6.07. The van der Waals surface area contributed by atoms with Crippen molar-refractivity contribution < 1.29 is 14.6 Å². The van der Waals surface area contributed by atoms with Crippen LogP contribution in [0.4, 0.5) is 0 Å². The van der Waals surface area contributed by atoms with Crippen molar-refractivity contribution in [3.63, 3.8) is 0 Å². The normalized spacial score (nSPS) is 12.2. The van der Waals surface area contributed by atoms with Crippen molar-refractivity contribution in [2.24, 2.45) is 0 Å². The Kier molecular flexibility index (Phi) is 5.82. The largest absolute Gasteiger partial charge is 0.391 e. The molecule has 4 nitrogen and oxygen atoms in total. The van der Waals surface area contributed by atoms with Gasteiger partial charge in [-0.2, -0.15) is 0 Å². The molecule has 1 atom stereocenters. The van der Waals surface area contributed by atoms with Gasteiger partial charge in [0.15, 0.2) is 0 Å². The number of aliphatic hydroxyl groups excluding tert-OH is 1. The quantitative estimate of drug-likeness (QED) is 0.804. The Bertz CT molecular complexity index is 404. The molecule has 0 aromatic heterocycles. The van der Waals surface area contributed by atoms with Crippen LogP contribution in [0, 0.1) is 13.8 Å². The molecule has 1 unspecified atom stereocenters. The molecule has 1 rings (SSSR count). The lowest BCUT2D eigenvalue weighted by Gasteiger charge is -2.10. The summed E-state index contributed by atoms with van der Waals surface area (Å²) < 4.78 is 4.81. The predicted molar refractivity (Wildman–Crippen MR) is 70.7 cm³/mol. The zero-order valence-electron chi connectivity index (χ0n) is 11.2. The van der Waals surface area contributed by atoms with Gasteiger partial charge in [-0.3, -0.25) is 4.79 Å². The minimum atomic E-state index is -0.532. The zero-order valence-corrected chi connectivity index (χ0v) is 11.2. The van der Waals surface area contributed by atoms with E-state index < -0.39 is 6.10 Å². The van der Waals surface area contributed by atoms with Crippen LogP contribution in [-0.4, -0.2) is 37.4 Å². The third-order valence-corrected chi connectivity index (χ3v) is 2.89. The Hall–Kier alpha value is -1.39. The van der Waals surface area contributed by atoms with E-state index in [1.165, 1.54) is 12.7 Å². The molecule has 100 valence electrons. The van der Waals surface area contributed by atoms with Crippen LogP contribution in [0.15, 0.2) is 18.2 Å². The zero-order chi connectivity index (χ0) is 13.5. The predicted octanol–water partition coefficient (Wildman–Crippen LogP) is 1.43. The lowest BCUT2D eigenvalue weighted by molar-refractivity contribution is 0.0587. The molecule has 0 radical (unpaired) electrons. The SMILES string of the molecule is COCC(O)CCNC(=O)c1ccc(C)c(C)c1. The summed E-state index contributed by atoms with van der Waals surface area (Å²) in [5.41, 5.74) is 2.92. The summed E-state index contributed by atoms with van der Waals surface area (Å²) in [7, 11) is 1.54. The summed E-state index contributed by atoms with van der Waals surface area (Å²) in [6.07, 6.45) is -0.0419. The van der Waals surface area contributed by atoms with Crippen LogP contribution >= 0.6 is 0 Å². The van der Waals surface area contributed by atoms with Crippen LogP contribution in [0.3, 0.4) is 0 Å². The lowest BCUT2D eigenvalue weighted by atomic mass is 10.1. The first-order chi connectivity index (χ1) is 8.54. The number of carbonyl (C=O) groups excluding carboxylic acids is 1. The lowest BCUT2D eigenvalue weighted by Crippen LogP contribution is -2.28. The van der Waals surface area contributed by atoms with E-state index in [1.807, 2.05) is 32.0 Å². The molecule has 0 aliphatic carbocycles. The summed E-state index contributed by atoms with van der Waals surface area (Å²) in [4.78, 5) is 11.8. The van der Waals surface area contributed by atoms with E-state index in [9.17, 15) is 9.90 Å². The minimum absolute atomic E-state index is 0.109. The fraction of sp³-hybridized carbons (Fsp3) is 0.500. The Balaban J connectivity index is 2.43. The average molecular weight is 251 g/mol. The molecule has 0 bridgehead atoms. The van der Waals surface area contributed by atoms with Gasteiger partial charge in [-0.25, -0.2) is 0 Å². The van der Waals surface area contributed by atoms with E-state index in [4.69, 9.17) is 4.74 Å². The molecule has 0 spiro atoms. The Morgan fingerprint density at radius 2 is 2.11 bits per heavy atom. The molecule has 0 aliphatic heterocycles. The van der Waals surface area contributed by atoms with Crippen molar-refractivity contribution in [2.75, 3.05) is 20.3 Å². The molecule has 18 heavy (non-hydrogen) atoms. The van der Waals surface area contributed by atoms with E-state index in [2.05, 4.69) is 5.32 Å². The van der Waals surface area contributed by atoms with Gasteiger partial charge in [0.05, 0.1) is 12.7 Å². The van der Waals surface area contributed by atoms with Crippen LogP contribution in [0.2, 0.25) is 0 Å². The van der Waals surface area contributed by atoms with Crippen molar-refractivity contribution in [3.05, 3.63) is 34.9 Å². The van der Waals surface area contributed by atoms with Gasteiger partial charge in [0.1, 0.15) is 0 Å². The van der Waals surface area contributed by atoms with E-state index in [0.29, 0.717) is 25.1 Å². The van der Waals surface area contributed by atoms with Crippen LogP contribution in [0.25, 0.3) is 0 Å². The van der Waals surface area contributed by atoms with Crippen LogP contribution in [0.1, 0.15) is 27.9 Å². The number of aryl methyl sites for hydroxylation is 2. The maximum absolute atomic E-state index is 11.8. The maximum atomic E-state index is 11.8. The Morgan fingerprint density at radius 1 is 1.39 bits per heavy atom. The number of carbonyl (C=O) groups is 1. The molecule has 0 saturated carbocycles. The number of aliphatic hydroxyl groups is 1. The second-order valence-electron chi connectivity index (χ2n) is 4.45. The van der Waals surface area contributed by atoms with Crippen molar-refractivity contribution in [1.29, 1.82) is 0 Å². The number of ether oxygens (including phenoxy) is 1. The molecule has 2 N–H and O–H groups in total. The molecular formula is C14H21NO3. The topological polar surface area (TPSA) is 58.6 Å². The van der Waals surface area contributed by atoms with Gasteiger partial charge in [0, 0.05) is 19.2 Å². The van der Waals surface area contributed by atoms with Crippen LogP contribution in [0.5, 0.6) is 0 Å². The first kappa shape index (κ1) is 14.7. The van der Waals surface area contributed by atoms with Gasteiger partial charge in [-0.15, -0.1) is 0 Å². The molecular weight excluding hydrogens is 230 g/mol. The third kappa shape index (κ3) is 4.47. The fourth-order valence-corrected chi connectivity index (χ4v) is 1.61. The fourth-order valence-electron chi connectivity index (χ4n) is 1.61. The highest BCUT2D eigenvalue weighted by atomic mass is 16.5. The summed E-state index contributed by atoms with van der Waals surface area (Å²) in [5, 5.41) is 12.2. The van der Waals surface area contributed by atoms with Crippen molar-refractivity contribution >= 4 is 5.91 Å². The van der Waals surface area contributed by atoms with E-state index in [-0.39, 0.29) is 5.91 Å². The smallest absolute Gasteiger partial charge is 0.251 e. The summed E-state index contributed by atoms with van der Waals surface area (Å²) >= 11 is 0. The highest BCUT2D eigenvalue weighted by molar-refractivity contribution is 5.94. The maximum Gasteiger partial charge on any atom is 0.251 e. The molecule has 0 fully saturated rings. The highest BCUT2D eigenvalue weighted by Gasteiger charge is 2.08. The second-order valence-corrected chi connectivity index (χ2v) is 4.45. The monoisotopic (exact) mass is 251 g/mol. The highest BCUT2D eigenvalue weighted by Crippen LogP contribution is 2.09. The second kappa shape index (κ2) is 7.13. The summed E-state index contributed by atoms with van der Waals surface area (Å²) in [6, 6.07) is 5.61. The Labute approximate surface area is 108 Å². The van der Waals surface area contributed by atoms with Gasteiger partial charge in [0.2, 0.25) is 0 Å². The summed E-state index contributed by atoms with van der Waals surface area (Å²) in [5.74, 6) is -0.109. The minimum Gasteiger partial charge on any atom is -0.391 e. The first-order valence-electron chi connectivity index (χ1n) is 6.07. The molecule has 0 saturated heterocycles. The number of hydrogen-bond donors (Lipinski definition) is 2. The van der Waals surface area contributed by atoms with Crippen molar-refractivity contribution in [2.45, 2.75) is 26.4 Å². The molecule has 0 aliphatic rings. The van der Waals surface area contributed by atoms with Crippen molar-refractivity contribution in [1.82, 2.24) is 5.32 Å². The number of methoxy groups -OCH3 is 1. The molecule has 0 heterocycles. The van der Waals surface area contributed by atoms with E-state index >= 15 is 0 Å². The number of benzene rings is 1. The van der Waals surface area contributed by atoms with Gasteiger partial charge in [-0.1, -0.05) is 6.07 Å². The number of rotatable bonds is 6. The number of nitrogens with one attached hydrogen (secondary N) is 1. The van der Waals surface area contributed by atoms with E-state index in [0.717, 1.165) is 5.56 Å². The van der Waals surface area contributed by atoms with Crippen LogP contribution in [-0.2, 0) is 4.74 Å². The summed E-state index contributed by atoms with van der Waals surface area (Å²) in [6.45, 7) is 4.72. The molecule has 4 heteroatoms. The average Bonchev–Trinajstić information content (AvgIpc) is 2.33. The third-order valence-electron chi connectivity index (χ3n) is 2.89. The van der Waals surface area contributed by atoms with Crippen molar-refractivity contribution in [3.8, 4) is 0 Å². The van der Waals surface area contributed by atoms with Gasteiger partial charge >= 0.3 is 0 Å². The molecule has 1 amide bonds. The van der Waals surface area contributed by atoms with Gasteiger partial charge in [0.25, 0.3) is 5.91 Å². The van der Waals surface area contributed by atoms with Gasteiger partial charge in [-0.05, 0) is 43.5 Å². The number of amides is 1.